The number of hydrogen-bond donors (Lipinski definition) is 2. The highest BCUT2D eigenvalue weighted by Gasteiger charge is 2.57. The van der Waals surface area contributed by atoms with Crippen molar-refractivity contribution in [1.82, 2.24) is 10.6 Å². The Labute approximate surface area is 221 Å². The molecule has 3 aliphatic rings. The van der Waals surface area contributed by atoms with Gasteiger partial charge in [0.1, 0.15) is 11.3 Å². The third-order valence-electron chi connectivity index (χ3n) is 8.11. The standard InChI is InChI=1S/C32H31FN2O3/c1-19-8-10-21(11-9-19)29-28(31(37)34-2)26-15-25(23(7-4-12-33)14-27(26)38-29)22-5-3-6-24(13-22)30(36)35-32-16-20(17-32)18-32/h3,5-6,8-11,13-15,20H,4,7,12,16-18H2,1-2H3,(H,34,37)(H,35,36). The van der Waals surface area contributed by atoms with Crippen molar-refractivity contribution in [1.29, 1.82) is 0 Å². The molecule has 0 spiro atoms. The van der Waals surface area contributed by atoms with Gasteiger partial charge in [-0.25, -0.2) is 0 Å². The van der Waals surface area contributed by atoms with E-state index in [0.29, 0.717) is 40.7 Å². The van der Waals surface area contributed by atoms with Crippen LogP contribution in [0.3, 0.4) is 0 Å². The lowest BCUT2D eigenvalue weighted by atomic mass is 9.50. The first-order valence-corrected chi connectivity index (χ1v) is 13.3. The molecule has 0 saturated heterocycles. The molecule has 2 bridgehead atoms. The maximum absolute atomic E-state index is 13.2. The molecule has 2 amide bonds. The van der Waals surface area contributed by atoms with E-state index >= 15 is 0 Å². The van der Waals surface area contributed by atoms with Gasteiger partial charge in [-0.05, 0) is 85.9 Å². The van der Waals surface area contributed by atoms with E-state index in [1.807, 2.05) is 67.6 Å². The number of fused-ring (bicyclic) bond motifs is 1. The van der Waals surface area contributed by atoms with Crippen molar-refractivity contribution >= 4 is 22.8 Å². The Balaban J connectivity index is 1.46. The molecule has 38 heavy (non-hydrogen) atoms. The number of furan rings is 1. The predicted molar refractivity (Wildman–Crippen MR) is 147 cm³/mol. The average Bonchev–Trinajstić information content (AvgIpc) is 3.26. The monoisotopic (exact) mass is 510 g/mol. The van der Waals surface area contributed by atoms with Crippen LogP contribution in [0.1, 0.15) is 57.5 Å². The van der Waals surface area contributed by atoms with Crippen molar-refractivity contribution in [2.75, 3.05) is 13.7 Å². The molecule has 0 atom stereocenters. The summed E-state index contributed by atoms with van der Waals surface area (Å²) < 4.78 is 19.5. The largest absolute Gasteiger partial charge is 0.455 e. The average molecular weight is 511 g/mol. The summed E-state index contributed by atoms with van der Waals surface area (Å²) in [5.74, 6) is 0.973. The normalized spacial score (nSPS) is 19.5. The first kappa shape index (κ1) is 24.4. The molecule has 0 aliphatic heterocycles. The second-order valence-corrected chi connectivity index (χ2v) is 10.8. The molecule has 194 valence electrons. The maximum atomic E-state index is 13.2. The number of nitrogens with one attached hydrogen (secondary N) is 2. The van der Waals surface area contributed by atoms with E-state index in [1.54, 1.807) is 7.05 Å². The van der Waals surface area contributed by atoms with Gasteiger partial charge in [-0.2, -0.15) is 0 Å². The molecular weight excluding hydrogens is 479 g/mol. The Bertz CT molecular complexity index is 1540. The van der Waals surface area contributed by atoms with Crippen LogP contribution in [0.4, 0.5) is 4.39 Å². The van der Waals surface area contributed by atoms with Gasteiger partial charge in [0.15, 0.2) is 0 Å². The van der Waals surface area contributed by atoms with Gasteiger partial charge in [0.2, 0.25) is 0 Å². The van der Waals surface area contributed by atoms with Crippen LogP contribution in [-0.2, 0) is 6.42 Å². The highest BCUT2D eigenvalue weighted by atomic mass is 19.1. The lowest BCUT2D eigenvalue weighted by Gasteiger charge is -2.61. The molecule has 2 N–H and O–H groups in total. The van der Waals surface area contributed by atoms with Gasteiger partial charge in [0, 0.05) is 29.1 Å². The van der Waals surface area contributed by atoms with Crippen LogP contribution in [0.25, 0.3) is 33.4 Å². The van der Waals surface area contributed by atoms with Gasteiger partial charge >= 0.3 is 0 Å². The van der Waals surface area contributed by atoms with Gasteiger partial charge < -0.3 is 15.1 Å². The molecule has 3 aliphatic carbocycles. The fraction of sp³-hybridized carbons (Fsp3) is 0.312. The van der Waals surface area contributed by atoms with E-state index < -0.39 is 6.67 Å². The summed E-state index contributed by atoms with van der Waals surface area (Å²) in [7, 11) is 1.60. The van der Waals surface area contributed by atoms with E-state index in [9.17, 15) is 14.0 Å². The molecule has 1 aromatic heterocycles. The van der Waals surface area contributed by atoms with Crippen LogP contribution in [-0.4, -0.2) is 31.1 Å². The van der Waals surface area contributed by atoms with Gasteiger partial charge in [-0.15, -0.1) is 0 Å². The topological polar surface area (TPSA) is 71.3 Å². The van der Waals surface area contributed by atoms with E-state index in [4.69, 9.17) is 4.42 Å². The molecular formula is C32H31FN2O3. The van der Waals surface area contributed by atoms with Crippen LogP contribution < -0.4 is 10.6 Å². The first-order chi connectivity index (χ1) is 18.4. The van der Waals surface area contributed by atoms with E-state index in [0.717, 1.165) is 53.0 Å². The van der Waals surface area contributed by atoms with Crippen LogP contribution >= 0.6 is 0 Å². The third-order valence-corrected chi connectivity index (χ3v) is 8.11. The first-order valence-electron chi connectivity index (χ1n) is 13.3. The minimum absolute atomic E-state index is 0.00542. The summed E-state index contributed by atoms with van der Waals surface area (Å²) >= 11 is 0. The molecule has 3 fully saturated rings. The van der Waals surface area contributed by atoms with Crippen LogP contribution in [0.5, 0.6) is 0 Å². The lowest BCUT2D eigenvalue weighted by molar-refractivity contribution is -0.0438. The Morgan fingerprint density at radius 3 is 2.42 bits per heavy atom. The van der Waals surface area contributed by atoms with Gasteiger partial charge in [0.05, 0.1) is 12.2 Å². The Hall–Kier alpha value is -3.93. The maximum Gasteiger partial charge on any atom is 0.255 e. The zero-order chi connectivity index (χ0) is 26.4. The molecule has 3 aromatic carbocycles. The molecule has 4 aromatic rings. The van der Waals surface area contributed by atoms with E-state index in [-0.39, 0.29) is 17.4 Å². The number of carbonyl (C=O) groups excluding carboxylic acids is 2. The summed E-state index contributed by atoms with van der Waals surface area (Å²) in [6, 6.07) is 19.3. The lowest BCUT2D eigenvalue weighted by Crippen LogP contribution is -2.68. The Morgan fingerprint density at radius 1 is 1.00 bits per heavy atom. The number of alkyl halides is 1. The quantitative estimate of drug-likeness (QED) is 0.280. The van der Waals surface area contributed by atoms with Gasteiger partial charge in [0.25, 0.3) is 11.8 Å². The summed E-state index contributed by atoms with van der Waals surface area (Å²) in [5, 5.41) is 6.66. The Kier molecular flexibility index (Phi) is 6.05. The SMILES string of the molecule is CNC(=O)c1c(-c2ccc(C)cc2)oc2cc(CCCF)c(-c3cccc(C(=O)NC45CC(C4)C5)c3)cc12. The minimum atomic E-state index is -0.431. The summed E-state index contributed by atoms with van der Waals surface area (Å²) in [4.78, 5) is 26.2. The number of benzene rings is 3. The second kappa shape index (κ2) is 9.43. The van der Waals surface area contributed by atoms with Crippen molar-refractivity contribution in [2.45, 2.75) is 44.6 Å². The second-order valence-electron chi connectivity index (χ2n) is 10.8. The summed E-state index contributed by atoms with van der Waals surface area (Å²) in [6.07, 6.45) is 4.12. The molecule has 0 radical (unpaired) electrons. The fourth-order valence-electron chi connectivity index (χ4n) is 5.95. The van der Waals surface area contributed by atoms with Crippen molar-refractivity contribution in [3.63, 3.8) is 0 Å². The highest BCUT2D eigenvalue weighted by Crippen LogP contribution is 2.57. The number of aryl methyl sites for hydroxylation is 2. The van der Waals surface area contributed by atoms with E-state index in [1.165, 1.54) is 0 Å². The zero-order valence-electron chi connectivity index (χ0n) is 21.7. The number of halogens is 1. The number of carbonyl (C=O) groups is 2. The highest BCUT2D eigenvalue weighted by molar-refractivity contribution is 6.12. The number of amides is 2. The molecule has 0 unspecified atom stereocenters. The van der Waals surface area contributed by atoms with Crippen molar-refractivity contribution in [3.05, 3.63) is 82.9 Å². The van der Waals surface area contributed by atoms with E-state index in [2.05, 4.69) is 10.6 Å². The number of rotatable bonds is 8. The zero-order valence-corrected chi connectivity index (χ0v) is 21.7. The third kappa shape index (κ3) is 4.18. The molecule has 5 nitrogen and oxygen atoms in total. The molecule has 1 heterocycles. The summed E-state index contributed by atoms with van der Waals surface area (Å²) in [6.45, 7) is 1.58. The smallest absolute Gasteiger partial charge is 0.255 e. The van der Waals surface area contributed by atoms with Gasteiger partial charge in [-0.1, -0.05) is 42.0 Å². The van der Waals surface area contributed by atoms with Crippen molar-refractivity contribution in [2.24, 2.45) is 5.92 Å². The summed E-state index contributed by atoms with van der Waals surface area (Å²) in [5.41, 5.74) is 6.19. The van der Waals surface area contributed by atoms with Crippen LogP contribution in [0, 0.1) is 12.8 Å². The fourth-order valence-corrected chi connectivity index (χ4v) is 5.95. The molecule has 3 saturated carbocycles. The molecule has 7 rings (SSSR count). The predicted octanol–water partition coefficient (Wildman–Crippen LogP) is 6.62. The van der Waals surface area contributed by atoms with Crippen LogP contribution in [0.15, 0.2) is 65.1 Å². The Morgan fingerprint density at radius 2 is 1.76 bits per heavy atom. The molecule has 6 heteroatoms. The van der Waals surface area contributed by atoms with Gasteiger partial charge in [-0.3, -0.25) is 14.0 Å². The minimum Gasteiger partial charge on any atom is -0.455 e. The number of hydrogen-bond acceptors (Lipinski definition) is 3. The van der Waals surface area contributed by atoms with Crippen LogP contribution in [0.2, 0.25) is 0 Å². The van der Waals surface area contributed by atoms with Crippen molar-refractivity contribution in [3.8, 4) is 22.5 Å². The van der Waals surface area contributed by atoms with Crippen molar-refractivity contribution < 1.29 is 18.4 Å².